The molecule has 1 aliphatic carbocycles. The zero-order valence-corrected chi connectivity index (χ0v) is 14.6. The zero-order valence-electron chi connectivity index (χ0n) is 8.73. The maximum absolute atomic E-state index is 5.61. The molecule has 0 N–H and O–H groups in total. The van der Waals surface area contributed by atoms with Crippen LogP contribution in [0, 0.1) is 6.08 Å². The van der Waals surface area contributed by atoms with Crippen LogP contribution in [-0.4, -0.2) is 0 Å². The van der Waals surface area contributed by atoms with E-state index in [1.54, 1.807) is 18.2 Å². The van der Waals surface area contributed by atoms with Crippen molar-refractivity contribution in [3.05, 3.63) is 57.1 Å². The number of benzene rings is 1. The smallest absolute Gasteiger partial charge is 0.0778 e. The van der Waals surface area contributed by atoms with E-state index in [1.165, 1.54) is 5.57 Å². The molecule has 4 heteroatoms. The summed E-state index contributed by atoms with van der Waals surface area (Å²) in [6, 6.07) is 5.13. The van der Waals surface area contributed by atoms with Gasteiger partial charge in [-0.1, -0.05) is 47.8 Å². The number of hydrogen-bond acceptors (Lipinski definition) is 0. The molecule has 16 heavy (non-hydrogen) atoms. The number of halogens is 3. The molecule has 0 aromatic heterocycles. The van der Waals surface area contributed by atoms with Gasteiger partial charge in [0.2, 0.25) is 0 Å². The van der Waals surface area contributed by atoms with E-state index in [4.69, 9.17) is 34.8 Å². The fraction of sp³-hybridized carbons (Fsp3) is 0.167. The Morgan fingerprint density at radius 2 is 1.69 bits per heavy atom. The summed E-state index contributed by atoms with van der Waals surface area (Å²) >= 11 is 16.8. The van der Waals surface area contributed by atoms with Crippen LogP contribution < -0.4 is 0 Å². The third-order valence-electron chi connectivity index (χ3n) is 1.77. The molecule has 0 atom stereocenters. The van der Waals surface area contributed by atoms with Crippen molar-refractivity contribution >= 4 is 34.8 Å². The second-order valence-corrected chi connectivity index (χ2v) is 4.19. The van der Waals surface area contributed by atoms with Gasteiger partial charge in [-0.25, -0.2) is 11.6 Å². The molecular formula is C12H10Cl3Hf-. The van der Waals surface area contributed by atoms with E-state index in [0.717, 1.165) is 6.42 Å². The van der Waals surface area contributed by atoms with Gasteiger partial charge in [0.25, 0.3) is 0 Å². The molecule has 2 rings (SSSR count). The summed E-state index contributed by atoms with van der Waals surface area (Å²) in [6.07, 6.45) is 8.33. The van der Waals surface area contributed by atoms with Crippen LogP contribution in [0.1, 0.15) is 13.3 Å². The molecule has 0 unspecified atom stereocenters. The van der Waals surface area contributed by atoms with Gasteiger partial charge in [-0.05, 0) is 12.1 Å². The topological polar surface area (TPSA) is 0 Å². The van der Waals surface area contributed by atoms with Crippen molar-refractivity contribution in [3.63, 3.8) is 0 Å². The van der Waals surface area contributed by atoms with E-state index in [9.17, 15) is 0 Å². The molecule has 0 spiro atoms. The second-order valence-electron chi connectivity index (χ2n) is 3.00. The van der Waals surface area contributed by atoms with Gasteiger partial charge in [0.15, 0.2) is 0 Å². The molecule has 1 aromatic rings. The van der Waals surface area contributed by atoms with Crippen molar-refractivity contribution in [2.75, 3.05) is 0 Å². The first-order valence-electron chi connectivity index (χ1n) is 4.44. The van der Waals surface area contributed by atoms with Crippen LogP contribution in [0.4, 0.5) is 0 Å². The molecule has 0 bridgehead atoms. The van der Waals surface area contributed by atoms with E-state index in [1.807, 2.05) is 0 Å². The molecule has 1 aliphatic rings. The minimum atomic E-state index is 0. The molecule has 0 fully saturated rings. The fourth-order valence-electron chi connectivity index (χ4n) is 0.992. The Labute approximate surface area is 130 Å². The molecule has 1 aromatic carbocycles. The van der Waals surface area contributed by atoms with Crippen LogP contribution >= 0.6 is 34.8 Å². The predicted octanol–water partition coefficient (Wildman–Crippen LogP) is 5.34. The van der Waals surface area contributed by atoms with E-state index in [-0.39, 0.29) is 25.8 Å². The molecular weight excluding hydrogens is 429 g/mol. The largest absolute Gasteiger partial charge is 0.270 e. The maximum Gasteiger partial charge on any atom is 0.0778 e. The monoisotopic (exact) mass is 439 g/mol. The van der Waals surface area contributed by atoms with Crippen LogP contribution in [0.2, 0.25) is 15.1 Å². The Kier molecular flexibility index (Phi) is 8.75. The maximum atomic E-state index is 5.61. The Bertz CT molecular complexity index is 374. The Morgan fingerprint density at radius 3 is 1.94 bits per heavy atom. The molecule has 84 valence electrons. The van der Waals surface area contributed by atoms with Crippen LogP contribution in [0.5, 0.6) is 0 Å². The van der Waals surface area contributed by atoms with Gasteiger partial charge in [0, 0.05) is 25.8 Å². The standard InChI is InChI=1S/C6H3Cl3.C6H7.Hf/c7-4-2-1-3-5(8)6(4)9;1-6-4-2-3-5-6;/h1-3H;2,4H,3H2,1H3;/q;-1;. The number of hydrogen-bond donors (Lipinski definition) is 0. The van der Waals surface area contributed by atoms with Gasteiger partial charge in [-0.3, -0.25) is 6.08 Å². The first kappa shape index (κ1) is 16.4. The minimum Gasteiger partial charge on any atom is -0.270 e. The van der Waals surface area contributed by atoms with Crippen molar-refractivity contribution in [2.24, 2.45) is 0 Å². The quantitative estimate of drug-likeness (QED) is 0.291. The fourth-order valence-corrected chi connectivity index (χ4v) is 1.52. The summed E-state index contributed by atoms with van der Waals surface area (Å²) in [6.45, 7) is 2.06. The molecule has 0 aliphatic heterocycles. The van der Waals surface area contributed by atoms with Crippen LogP contribution in [0.25, 0.3) is 0 Å². The third-order valence-corrected chi connectivity index (χ3v) is 3.00. The summed E-state index contributed by atoms with van der Waals surface area (Å²) in [7, 11) is 0. The van der Waals surface area contributed by atoms with Crippen molar-refractivity contribution in [1.29, 1.82) is 0 Å². The summed E-state index contributed by atoms with van der Waals surface area (Å²) in [4.78, 5) is 0. The average Bonchev–Trinajstić information content (AvgIpc) is 2.66. The second kappa shape index (κ2) is 8.52. The normalized spacial score (nSPS) is 12.4. The van der Waals surface area contributed by atoms with Crippen molar-refractivity contribution in [2.45, 2.75) is 13.3 Å². The van der Waals surface area contributed by atoms with E-state index in [2.05, 4.69) is 25.2 Å². The first-order chi connectivity index (χ1) is 7.11. The molecule has 0 nitrogen and oxygen atoms in total. The van der Waals surface area contributed by atoms with Crippen molar-refractivity contribution < 1.29 is 25.8 Å². The van der Waals surface area contributed by atoms with E-state index >= 15 is 0 Å². The zero-order chi connectivity index (χ0) is 11.3. The molecule has 0 radical (unpaired) electrons. The Balaban J connectivity index is 0.000000283. The van der Waals surface area contributed by atoms with Crippen LogP contribution in [0.15, 0.2) is 35.9 Å². The predicted molar refractivity (Wildman–Crippen MR) is 67.7 cm³/mol. The van der Waals surface area contributed by atoms with Gasteiger partial charge in [-0.2, -0.15) is 6.08 Å². The molecule has 0 heterocycles. The molecule has 0 saturated heterocycles. The average molecular weight is 439 g/mol. The Morgan fingerprint density at radius 1 is 1.12 bits per heavy atom. The van der Waals surface area contributed by atoms with E-state index in [0.29, 0.717) is 15.1 Å². The summed E-state index contributed by atoms with van der Waals surface area (Å²) in [5.74, 6) is 0. The number of rotatable bonds is 0. The molecule has 0 amide bonds. The van der Waals surface area contributed by atoms with Crippen LogP contribution in [-0.2, 0) is 25.8 Å². The summed E-state index contributed by atoms with van der Waals surface area (Å²) in [5, 5.41) is 1.40. The van der Waals surface area contributed by atoms with Gasteiger partial charge in [0.1, 0.15) is 0 Å². The summed E-state index contributed by atoms with van der Waals surface area (Å²) < 4.78 is 0. The minimum absolute atomic E-state index is 0. The number of allylic oxidation sites excluding steroid dienone is 4. The van der Waals surface area contributed by atoms with Gasteiger partial charge < -0.3 is 0 Å². The van der Waals surface area contributed by atoms with Crippen molar-refractivity contribution in [1.82, 2.24) is 0 Å². The SMILES string of the molecule is CC1=[C-]CC=C1.Clc1cccc(Cl)c1Cl.[Hf]. The Hall–Kier alpha value is 0.440. The van der Waals surface area contributed by atoms with Gasteiger partial charge in [-0.15, -0.1) is 6.42 Å². The van der Waals surface area contributed by atoms with E-state index < -0.39 is 0 Å². The van der Waals surface area contributed by atoms with Gasteiger partial charge in [0.05, 0.1) is 15.1 Å². The summed E-state index contributed by atoms with van der Waals surface area (Å²) in [5.41, 5.74) is 1.27. The first-order valence-corrected chi connectivity index (χ1v) is 5.58. The molecule has 0 saturated carbocycles. The third kappa shape index (κ3) is 5.67. The van der Waals surface area contributed by atoms with Crippen molar-refractivity contribution in [3.8, 4) is 0 Å². The van der Waals surface area contributed by atoms with Gasteiger partial charge >= 0.3 is 0 Å². The van der Waals surface area contributed by atoms with Crippen LogP contribution in [0.3, 0.4) is 0 Å².